The van der Waals surface area contributed by atoms with Crippen molar-refractivity contribution in [2.24, 2.45) is 5.73 Å². The van der Waals surface area contributed by atoms with Crippen LogP contribution in [0.15, 0.2) is 18.5 Å². The van der Waals surface area contributed by atoms with Crippen LogP contribution < -0.4 is 11.1 Å². The van der Waals surface area contributed by atoms with Crippen LogP contribution >= 0.6 is 0 Å². The third-order valence-corrected chi connectivity index (χ3v) is 2.75. The highest BCUT2D eigenvalue weighted by atomic mass is 19.4. The summed E-state index contributed by atoms with van der Waals surface area (Å²) in [6, 6.07) is 1.65. The molecule has 0 aromatic carbocycles. The van der Waals surface area contributed by atoms with E-state index in [0.29, 0.717) is 17.2 Å². The van der Waals surface area contributed by atoms with Gasteiger partial charge in [-0.3, -0.25) is 9.20 Å². The number of amides is 1. The highest BCUT2D eigenvalue weighted by Crippen LogP contribution is 2.20. The van der Waals surface area contributed by atoms with Crippen molar-refractivity contribution in [3.8, 4) is 0 Å². The molecule has 1 amide bonds. The summed E-state index contributed by atoms with van der Waals surface area (Å²) in [4.78, 5) is 19.6. The number of nitrogens with zero attached hydrogens (tertiary/aromatic N) is 3. The first-order valence-electron chi connectivity index (χ1n) is 6.24. The molecule has 2 rings (SSSR count). The van der Waals surface area contributed by atoms with Gasteiger partial charge < -0.3 is 11.1 Å². The van der Waals surface area contributed by atoms with E-state index >= 15 is 0 Å². The molecule has 21 heavy (non-hydrogen) atoms. The molecule has 0 fully saturated rings. The Labute approximate surface area is 118 Å². The minimum Gasteiger partial charge on any atom is -0.350 e. The summed E-state index contributed by atoms with van der Waals surface area (Å²) in [5, 5.41) is 2.39. The number of nitrogens with two attached hydrogens (primary N) is 1. The zero-order valence-corrected chi connectivity index (χ0v) is 11.0. The predicted octanol–water partition coefficient (Wildman–Crippen LogP) is 1.15. The molecule has 2 aromatic rings. The number of aromatic nitrogens is 3. The standard InChI is InChI=1S/C12H14F3N5O/c13-12(14,15)3-1-10(21)17-6-8-2-4-20-7-9(5-16)19-11(20)18-8/h2,4,7H,1,3,5-6,16H2,(H,17,21). The predicted molar refractivity (Wildman–Crippen MR) is 68.0 cm³/mol. The zero-order chi connectivity index (χ0) is 15.5. The first-order chi connectivity index (χ1) is 9.87. The molecular weight excluding hydrogens is 287 g/mol. The minimum atomic E-state index is -4.33. The molecule has 0 saturated carbocycles. The minimum absolute atomic E-state index is 0.0536. The largest absolute Gasteiger partial charge is 0.389 e. The Morgan fingerprint density at radius 3 is 2.71 bits per heavy atom. The quantitative estimate of drug-likeness (QED) is 0.867. The molecule has 0 radical (unpaired) electrons. The molecule has 2 heterocycles. The fraction of sp³-hybridized carbons (Fsp3) is 0.417. The summed E-state index contributed by atoms with van der Waals surface area (Å²) in [6.07, 6.45) is -2.62. The summed E-state index contributed by atoms with van der Waals surface area (Å²) in [5.41, 5.74) is 6.65. The summed E-state index contributed by atoms with van der Waals surface area (Å²) >= 11 is 0. The maximum absolute atomic E-state index is 12.0. The molecule has 0 aliphatic carbocycles. The number of fused-ring (bicyclic) bond motifs is 1. The van der Waals surface area contributed by atoms with Crippen LogP contribution in [0.2, 0.25) is 0 Å². The molecular formula is C12H14F3N5O. The van der Waals surface area contributed by atoms with Crippen molar-refractivity contribution in [2.75, 3.05) is 0 Å². The van der Waals surface area contributed by atoms with Crippen molar-refractivity contribution in [2.45, 2.75) is 32.1 Å². The number of rotatable bonds is 5. The van der Waals surface area contributed by atoms with Crippen LogP contribution in [0, 0.1) is 0 Å². The average Bonchev–Trinajstić information content (AvgIpc) is 2.84. The second-order valence-electron chi connectivity index (χ2n) is 4.45. The molecule has 114 valence electrons. The first kappa shape index (κ1) is 15.2. The molecule has 6 nitrogen and oxygen atoms in total. The molecule has 2 aromatic heterocycles. The van der Waals surface area contributed by atoms with Gasteiger partial charge in [-0.15, -0.1) is 0 Å². The Bertz CT molecular complexity index is 637. The zero-order valence-electron chi connectivity index (χ0n) is 11.0. The number of nitrogens with one attached hydrogen (secondary N) is 1. The third-order valence-electron chi connectivity index (χ3n) is 2.75. The van der Waals surface area contributed by atoms with Crippen LogP contribution in [0.1, 0.15) is 24.2 Å². The SMILES string of the molecule is NCc1cn2ccc(CNC(=O)CCC(F)(F)F)nc2n1. The van der Waals surface area contributed by atoms with E-state index in [9.17, 15) is 18.0 Å². The van der Waals surface area contributed by atoms with Gasteiger partial charge in [0.1, 0.15) is 0 Å². The third kappa shape index (κ3) is 4.42. The number of hydrogen-bond donors (Lipinski definition) is 2. The van der Waals surface area contributed by atoms with Crippen molar-refractivity contribution in [1.29, 1.82) is 0 Å². The van der Waals surface area contributed by atoms with Gasteiger partial charge >= 0.3 is 6.18 Å². The van der Waals surface area contributed by atoms with Crippen LogP contribution in [0.25, 0.3) is 5.78 Å². The molecule has 0 spiro atoms. The molecule has 0 saturated heterocycles. The van der Waals surface area contributed by atoms with Gasteiger partial charge in [0.15, 0.2) is 0 Å². The Balaban J connectivity index is 1.92. The first-order valence-corrected chi connectivity index (χ1v) is 6.24. The highest BCUT2D eigenvalue weighted by molar-refractivity contribution is 5.75. The van der Waals surface area contributed by atoms with Gasteiger partial charge in [0.05, 0.1) is 24.4 Å². The fourth-order valence-electron chi connectivity index (χ4n) is 1.69. The van der Waals surface area contributed by atoms with Crippen molar-refractivity contribution in [1.82, 2.24) is 19.7 Å². The van der Waals surface area contributed by atoms with Gasteiger partial charge in [0.25, 0.3) is 0 Å². The molecule has 3 N–H and O–H groups in total. The highest BCUT2D eigenvalue weighted by Gasteiger charge is 2.27. The van der Waals surface area contributed by atoms with Gasteiger partial charge in [-0.2, -0.15) is 13.2 Å². The van der Waals surface area contributed by atoms with E-state index in [1.54, 1.807) is 22.9 Å². The van der Waals surface area contributed by atoms with Crippen molar-refractivity contribution < 1.29 is 18.0 Å². The summed E-state index contributed by atoms with van der Waals surface area (Å²) in [5.74, 6) is -0.238. The van der Waals surface area contributed by atoms with Crippen LogP contribution in [0.5, 0.6) is 0 Å². The molecule has 0 aliphatic rings. The lowest BCUT2D eigenvalue weighted by atomic mass is 10.3. The number of carbonyl (C=O) groups is 1. The van der Waals surface area contributed by atoms with E-state index in [0.717, 1.165) is 0 Å². The Hall–Kier alpha value is -2.16. The summed E-state index contributed by atoms with van der Waals surface area (Å²) < 4.78 is 37.6. The van der Waals surface area contributed by atoms with Crippen LogP contribution in [-0.2, 0) is 17.9 Å². The van der Waals surface area contributed by atoms with E-state index in [4.69, 9.17) is 5.73 Å². The number of hydrogen-bond acceptors (Lipinski definition) is 4. The topological polar surface area (TPSA) is 85.3 Å². The average molecular weight is 301 g/mol. The summed E-state index contributed by atoms with van der Waals surface area (Å²) in [7, 11) is 0. The fourth-order valence-corrected chi connectivity index (χ4v) is 1.69. The van der Waals surface area contributed by atoms with Gasteiger partial charge in [-0.05, 0) is 6.07 Å². The monoisotopic (exact) mass is 301 g/mol. The smallest absolute Gasteiger partial charge is 0.350 e. The maximum atomic E-state index is 12.0. The van der Waals surface area contributed by atoms with E-state index < -0.39 is 24.9 Å². The van der Waals surface area contributed by atoms with Gasteiger partial charge in [-0.25, -0.2) is 9.97 Å². The van der Waals surface area contributed by atoms with Crippen molar-refractivity contribution in [3.05, 3.63) is 29.8 Å². The molecule has 0 bridgehead atoms. The van der Waals surface area contributed by atoms with E-state index in [1.807, 2.05) is 0 Å². The Kier molecular flexibility index (Phi) is 4.41. The Morgan fingerprint density at radius 2 is 2.05 bits per heavy atom. The molecule has 0 atom stereocenters. The van der Waals surface area contributed by atoms with Crippen molar-refractivity contribution >= 4 is 11.7 Å². The van der Waals surface area contributed by atoms with E-state index in [1.165, 1.54) is 0 Å². The second kappa shape index (κ2) is 6.08. The number of imidazole rings is 1. The maximum Gasteiger partial charge on any atom is 0.389 e. The Morgan fingerprint density at radius 1 is 1.33 bits per heavy atom. The van der Waals surface area contributed by atoms with E-state index in [-0.39, 0.29) is 13.1 Å². The number of halogens is 3. The second-order valence-corrected chi connectivity index (χ2v) is 4.45. The van der Waals surface area contributed by atoms with Crippen LogP contribution in [0.3, 0.4) is 0 Å². The lowest BCUT2D eigenvalue weighted by molar-refractivity contribution is -0.144. The van der Waals surface area contributed by atoms with Gasteiger partial charge in [0.2, 0.25) is 11.7 Å². The normalized spacial score (nSPS) is 11.8. The van der Waals surface area contributed by atoms with Gasteiger partial charge in [0, 0.05) is 25.4 Å². The molecule has 9 heteroatoms. The van der Waals surface area contributed by atoms with E-state index in [2.05, 4.69) is 15.3 Å². The van der Waals surface area contributed by atoms with Crippen LogP contribution in [-0.4, -0.2) is 26.5 Å². The lowest BCUT2D eigenvalue weighted by Crippen LogP contribution is -2.25. The summed E-state index contributed by atoms with van der Waals surface area (Å²) in [6.45, 7) is 0.338. The molecule has 0 unspecified atom stereocenters. The van der Waals surface area contributed by atoms with Crippen LogP contribution in [0.4, 0.5) is 13.2 Å². The molecule has 0 aliphatic heterocycles. The lowest BCUT2D eigenvalue weighted by Gasteiger charge is -2.07. The van der Waals surface area contributed by atoms with Gasteiger partial charge in [-0.1, -0.05) is 0 Å². The van der Waals surface area contributed by atoms with Crippen molar-refractivity contribution in [3.63, 3.8) is 0 Å². The number of alkyl halides is 3. The number of carbonyl (C=O) groups excluding carboxylic acids is 1.